The van der Waals surface area contributed by atoms with E-state index in [1.165, 1.54) is 0 Å². The van der Waals surface area contributed by atoms with Crippen molar-refractivity contribution in [1.82, 2.24) is 4.90 Å². The second kappa shape index (κ2) is 7.11. The van der Waals surface area contributed by atoms with Crippen LogP contribution in [0.25, 0.3) is 0 Å². The highest BCUT2D eigenvalue weighted by Gasteiger charge is 2.79. The van der Waals surface area contributed by atoms with Crippen LogP contribution in [0.2, 0.25) is 10.0 Å². The molecule has 0 saturated carbocycles. The number of hydrogen-bond donors (Lipinski definition) is 1. The van der Waals surface area contributed by atoms with Crippen LogP contribution in [0.4, 0.5) is 5.69 Å². The Bertz CT molecular complexity index is 1410. The van der Waals surface area contributed by atoms with E-state index >= 15 is 0 Å². The SMILES string of the molecule is O=C1Nc2ccc(Cl)cc2[C@]12N1CSC[C@H]1[C@H](c1ccccc1Cl)[C@]21Cc2ccccc2C1=O. The van der Waals surface area contributed by atoms with Crippen molar-refractivity contribution >= 4 is 52.3 Å². The summed E-state index contributed by atoms with van der Waals surface area (Å²) in [6.07, 6.45) is 0.481. The molecule has 3 aromatic rings. The van der Waals surface area contributed by atoms with Crippen LogP contribution < -0.4 is 5.32 Å². The Morgan fingerprint density at radius 1 is 1.00 bits per heavy atom. The predicted octanol–water partition coefficient (Wildman–Crippen LogP) is 5.74. The molecule has 2 fully saturated rings. The van der Waals surface area contributed by atoms with Gasteiger partial charge in [-0.1, -0.05) is 65.7 Å². The summed E-state index contributed by atoms with van der Waals surface area (Å²) in [6, 6.07) is 21.1. The molecule has 1 aliphatic carbocycles. The van der Waals surface area contributed by atoms with Crippen molar-refractivity contribution in [3.8, 4) is 0 Å². The average molecular weight is 507 g/mol. The van der Waals surface area contributed by atoms with Gasteiger partial charge in [-0.25, -0.2) is 0 Å². The number of amides is 1. The van der Waals surface area contributed by atoms with E-state index in [-0.39, 0.29) is 23.7 Å². The number of halogens is 2. The second-order valence-corrected chi connectivity index (χ2v) is 11.4. The number of nitrogens with one attached hydrogen (secondary N) is 1. The van der Waals surface area contributed by atoms with Gasteiger partial charge in [0.25, 0.3) is 5.91 Å². The third kappa shape index (κ3) is 2.32. The number of benzene rings is 3. The van der Waals surface area contributed by atoms with Crippen molar-refractivity contribution in [3.05, 3.63) is 99.0 Å². The van der Waals surface area contributed by atoms with Crippen LogP contribution in [-0.4, -0.2) is 34.3 Å². The first-order valence-electron chi connectivity index (χ1n) is 11.3. The molecule has 4 atom stereocenters. The summed E-state index contributed by atoms with van der Waals surface area (Å²) in [4.78, 5) is 31.2. The molecular formula is C27H20Cl2N2O2S. The molecule has 7 heteroatoms. The minimum absolute atomic E-state index is 0.0150. The number of Topliss-reactive ketones (excluding diaryl/α,β-unsaturated/α-hetero) is 1. The number of carbonyl (C=O) groups excluding carboxylic acids is 2. The Hall–Kier alpha value is -2.31. The van der Waals surface area contributed by atoms with Crippen molar-refractivity contribution in [2.75, 3.05) is 16.9 Å². The molecule has 3 aromatic carbocycles. The molecule has 1 N–H and O–H groups in total. The molecule has 1 amide bonds. The maximum Gasteiger partial charge on any atom is 0.250 e. The van der Waals surface area contributed by atoms with Crippen LogP contribution in [0.15, 0.2) is 66.7 Å². The van der Waals surface area contributed by atoms with Gasteiger partial charge >= 0.3 is 0 Å². The Balaban J connectivity index is 1.61. The normalized spacial score (nSPS) is 31.2. The molecular weight excluding hydrogens is 487 g/mol. The Morgan fingerprint density at radius 3 is 2.62 bits per heavy atom. The van der Waals surface area contributed by atoms with Crippen molar-refractivity contribution in [3.63, 3.8) is 0 Å². The van der Waals surface area contributed by atoms with Crippen LogP contribution in [0.1, 0.15) is 33.0 Å². The van der Waals surface area contributed by atoms with E-state index in [1.54, 1.807) is 17.8 Å². The summed E-state index contributed by atoms with van der Waals surface area (Å²) >= 11 is 15.1. The number of thioether (sulfide) groups is 1. The van der Waals surface area contributed by atoms with Gasteiger partial charge in [0.1, 0.15) is 5.54 Å². The molecule has 3 aliphatic heterocycles. The zero-order valence-electron chi connectivity index (χ0n) is 18.1. The topological polar surface area (TPSA) is 49.4 Å². The third-order valence-corrected chi connectivity index (χ3v) is 9.85. The van der Waals surface area contributed by atoms with Gasteiger partial charge in [0.05, 0.1) is 5.41 Å². The van der Waals surface area contributed by atoms with Crippen LogP contribution in [0.3, 0.4) is 0 Å². The van der Waals surface area contributed by atoms with E-state index in [4.69, 9.17) is 23.2 Å². The largest absolute Gasteiger partial charge is 0.324 e. The number of hydrogen-bond acceptors (Lipinski definition) is 4. The molecule has 2 spiro atoms. The molecule has 0 bridgehead atoms. The number of rotatable bonds is 1. The fourth-order valence-corrected chi connectivity index (χ4v) is 8.86. The second-order valence-electron chi connectivity index (χ2n) is 9.53. The summed E-state index contributed by atoms with van der Waals surface area (Å²) < 4.78 is 0. The molecule has 7 rings (SSSR count). The molecule has 0 radical (unpaired) electrons. The van der Waals surface area contributed by atoms with Gasteiger partial charge in [-0.15, -0.1) is 11.8 Å². The molecule has 0 unspecified atom stereocenters. The quantitative estimate of drug-likeness (QED) is 0.457. The van der Waals surface area contributed by atoms with Gasteiger partial charge < -0.3 is 5.32 Å². The number of ketones is 1. The summed E-state index contributed by atoms with van der Waals surface area (Å²) in [5.74, 6) is 1.12. The fourth-order valence-electron chi connectivity index (χ4n) is 7.14. The first-order chi connectivity index (χ1) is 16.5. The predicted molar refractivity (Wildman–Crippen MR) is 136 cm³/mol. The van der Waals surface area contributed by atoms with E-state index in [2.05, 4.69) is 10.2 Å². The highest BCUT2D eigenvalue weighted by molar-refractivity contribution is 7.99. The van der Waals surface area contributed by atoms with E-state index in [0.717, 1.165) is 28.1 Å². The summed E-state index contributed by atoms with van der Waals surface area (Å²) in [7, 11) is 0. The van der Waals surface area contributed by atoms with Gasteiger partial charge in [0, 0.05) is 50.4 Å². The Labute approximate surface area is 211 Å². The van der Waals surface area contributed by atoms with Gasteiger partial charge in [-0.05, 0) is 41.8 Å². The molecule has 34 heavy (non-hydrogen) atoms. The number of nitrogens with zero attached hydrogens (tertiary/aromatic N) is 1. The molecule has 170 valence electrons. The number of carbonyl (C=O) groups is 2. The maximum absolute atomic E-state index is 14.7. The lowest BCUT2D eigenvalue weighted by atomic mass is 9.58. The number of fused-ring (bicyclic) bond motifs is 6. The van der Waals surface area contributed by atoms with Crippen LogP contribution in [-0.2, 0) is 16.8 Å². The van der Waals surface area contributed by atoms with Gasteiger partial charge in [0.15, 0.2) is 5.78 Å². The Kier molecular flexibility index (Phi) is 4.39. The fraction of sp³-hybridized carbons (Fsp3) is 0.259. The monoisotopic (exact) mass is 506 g/mol. The first-order valence-corrected chi connectivity index (χ1v) is 13.2. The molecule has 2 saturated heterocycles. The maximum atomic E-state index is 14.7. The van der Waals surface area contributed by atoms with Crippen LogP contribution >= 0.6 is 35.0 Å². The molecule has 4 aliphatic rings. The molecule has 4 nitrogen and oxygen atoms in total. The summed E-state index contributed by atoms with van der Waals surface area (Å²) in [5.41, 5.74) is 1.95. The highest BCUT2D eigenvalue weighted by Crippen LogP contribution is 2.70. The minimum Gasteiger partial charge on any atom is -0.324 e. The van der Waals surface area contributed by atoms with E-state index in [0.29, 0.717) is 27.9 Å². The molecule has 0 aromatic heterocycles. The van der Waals surface area contributed by atoms with Gasteiger partial charge in [-0.3, -0.25) is 14.5 Å². The highest BCUT2D eigenvalue weighted by atomic mass is 35.5. The van der Waals surface area contributed by atoms with Crippen molar-refractivity contribution in [2.24, 2.45) is 5.41 Å². The van der Waals surface area contributed by atoms with E-state index in [1.807, 2.05) is 60.7 Å². The summed E-state index contributed by atoms with van der Waals surface area (Å²) in [6.45, 7) is 0. The van der Waals surface area contributed by atoms with Crippen LogP contribution in [0, 0.1) is 5.41 Å². The Morgan fingerprint density at radius 2 is 1.79 bits per heavy atom. The lowest BCUT2D eigenvalue weighted by molar-refractivity contribution is -0.130. The lowest BCUT2D eigenvalue weighted by Gasteiger charge is -2.44. The standard InChI is InChI=1S/C27H20Cl2N2O2S/c28-16-9-10-21-19(11-16)27(25(33)30-21)26(12-15-5-1-2-6-17(15)24(26)32)23(22-13-34-14-31(22)27)18-7-3-4-8-20(18)29/h1-11,22-23H,12-14H2,(H,30,33)/t22-,23-,26-,27-/m0/s1. The van der Waals surface area contributed by atoms with Crippen molar-refractivity contribution in [1.29, 1.82) is 0 Å². The smallest absolute Gasteiger partial charge is 0.250 e. The summed E-state index contributed by atoms with van der Waals surface area (Å²) in [5, 5.41) is 4.31. The van der Waals surface area contributed by atoms with Gasteiger partial charge in [-0.2, -0.15) is 0 Å². The lowest BCUT2D eigenvalue weighted by Crippen LogP contribution is -2.58. The van der Waals surface area contributed by atoms with E-state index < -0.39 is 11.0 Å². The van der Waals surface area contributed by atoms with Gasteiger partial charge in [0.2, 0.25) is 0 Å². The van der Waals surface area contributed by atoms with Crippen LogP contribution in [0.5, 0.6) is 0 Å². The average Bonchev–Trinajstić information content (AvgIpc) is 3.54. The number of anilines is 1. The zero-order valence-corrected chi connectivity index (χ0v) is 20.4. The third-order valence-electron chi connectivity index (χ3n) is 8.24. The van der Waals surface area contributed by atoms with E-state index in [9.17, 15) is 9.59 Å². The minimum atomic E-state index is -1.17. The van der Waals surface area contributed by atoms with Crippen molar-refractivity contribution in [2.45, 2.75) is 23.9 Å². The molecule has 3 heterocycles. The zero-order chi connectivity index (χ0) is 23.2. The van der Waals surface area contributed by atoms with Crippen molar-refractivity contribution < 1.29 is 9.59 Å². The first kappa shape index (κ1) is 21.0.